The van der Waals surface area contributed by atoms with Crippen molar-refractivity contribution in [1.82, 2.24) is 59.8 Å². The monoisotopic (exact) mass is 1730 g/mol. The molecule has 0 spiro atoms. The second-order valence-electron chi connectivity index (χ2n) is 33.9. The van der Waals surface area contributed by atoms with E-state index in [2.05, 4.69) is 92.7 Å². The summed E-state index contributed by atoms with van der Waals surface area (Å²) in [5, 5.41) is 37.6. The summed E-state index contributed by atoms with van der Waals surface area (Å²) in [7, 11) is 3.17. The van der Waals surface area contributed by atoms with Crippen LogP contribution < -0.4 is 15.2 Å². The number of carboxylic acids is 3. The molecular weight excluding hydrogens is 1640 g/mol. The molecule has 0 radical (unpaired) electrons. The lowest BCUT2D eigenvalue weighted by atomic mass is 9.89. The van der Waals surface area contributed by atoms with Crippen molar-refractivity contribution in [3.8, 4) is 101 Å². The fourth-order valence-electron chi connectivity index (χ4n) is 18.8. The second kappa shape index (κ2) is 33.7. The highest BCUT2D eigenvalue weighted by Gasteiger charge is 2.34. The molecule has 17 N–H and O–H groups in total. The molecule has 0 bridgehead atoms. The molecule has 8 aromatic carbocycles. The number of benzene rings is 8. The normalized spacial score (nSPS) is 11.7. The minimum atomic E-state index is -1.08. The number of nitrogens with two attached hydrogens (primary N) is 1. The van der Waals surface area contributed by atoms with Gasteiger partial charge in [0.15, 0.2) is 0 Å². The van der Waals surface area contributed by atoms with E-state index in [1.807, 2.05) is 159 Å². The number of H-pyrrole nitrogens is 12. The molecule has 0 atom stereocenters. The fraction of sp³-hybridized carbons (Fsp3) is 0.184. The third-order valence-corrected chi connectivity index (χ3v) is 24.1. The molecule has 0 saturated heterocycles. The van der Waals surface area contributed by atoms with Gasteiger partial charge in [-0.3, -0.25) is 4.79 Å². The van der Waals surface area contributed by atoms with Crippen molar-refractivity contribution in [2.24, 2.45) is 5.73 Å². The number of primary amides is 1. The Bertz CT molecular complexity index is 7640. The largest absolute Gasteiger partial charge is 0.497 e. The van der Waals surface area contributed by atoms with E-state index in [9.17, 15) is 52.1 Å². The Morgan fingerprint density at radius 3 is 0.915 bits per heavy atom. The highest BCUT2D eigenvalue weighted by Crippen LogP contribution is 2.51. The third-order valence-electron chi connectivity index (χ3n) is 24.1. The molecule has 22 nitrogen and oxygen atoms in total. The molecular formula is C103H95F4N13O9. The lowest BCUT2D eigenvalue weighted by Gasteiger charge is -2.14. The smallest absolute Gasteiger partial charge is 0.352 e. The predicted molar refractivity (Wildman–Crippen MR) is 504 cm³/mol. The van der Waals surface area contributed by atoms with Gasteiger partial charge in [-0.25, -0.2) is 31.9 Å². The van der Waals surface area contributed by atoms with Crippen molar-refractivity contribution in [2.45, 2.75) is 113 Å². The quantitative estimate of drug-likeness (QED) is 0.0342. The Hall–Kier alpha value is -15.6. The summed E-state index contributed by atoms with van der Waals surface area (Å²) < 4.78 is 69.1. The van der Waals surface area contributed by atoms with Crippen LogP contribution in [0.15, 0.2) is 183 Å². The summed E-state index contributed by atoms with van der Waals surface area (Å²) in [6, 6.07) is 46.7. The van der Waals surface area contributed by atoms with Gasteiger partial charge in [0.2, 0.25) is 0 Å². The number of aromatic amines is 12. The zero-order valence-electron chi connectivity index (χ0n) is 73.2. The fourth-order valence-corrected chi connectivity index (χ4v) is 18.8. The number of hydrogen-bond acceptors (Lipinski definition) is 6. The Morgan fingerprint density at radius 1 is 0.326 bits per heavy atom. The number of methoxy groups -OCH3 is 2. The molecule has 0 aliphatic carbocycles. The number of amides is 1. The van der Waals surface area contributed by atoms with Crippen molar-refractivity contribution in [3.63, 3.8) is 0 Å². The number of aryl methyl sites for hydroxylation is 4. The number of carbonyl (C=O) groups excluding carboxylic acids is 1. The van der Waals surface area contributed by atoms with Crippen LogP contribution in [0.25, 0.3) is 177 Å². The van der Waals surface area contributed by atoms with Crippen LogP contribution in [0.4, 0.5) is 17.6 Å². The van der Waals surface area contributed by atoms with Gasteiger partial charge in [0.25, 0.3) is 5.91 Å². The van der Waals surface area contributed by atoms with Gasteiger partial charge in [-0.2, -0.15) is 0 Å². The van der Waals surface area contributed by atoms with Crippen LogP contribution in [0, 0.1) is 44.0 Å². The number of fused-ring (bicyclic) bond motifs is 8. The van der Waals surface area contributed by atoms with E-state index in [0.717, 1.165) is 144 Å². The van der Waals surface area contributed by atoms with Gasteiger partial charge >= 0.3 is 17.9 Å². The van der Waals surface area contributed by atoms with E-state index < -0.39 is 35.4 Å². The van der Waals surface area contributed by atoms with E-state index in [4.69, 9.17) is 15.2 Å². The third kappa shape index (κ3) is 15.4. The van der Waals surface area contributed by atoms with Crippen LogP contribution in [0.1, 0.15) is 173 Å². The number of aromatic carboxylic acids is 3. The van der Waals surface area contributed by atoms with E-state index in [-0.39, 0.29) is 52.4 Å². The number of nitrogens with one attached hydrogen (secondary N) is 12. The molecule has 0 fully saturated rings. The molecule has 654 valence electrons. The van der Waals surface area contributed by atoms with E-state index in [1.54, 1.807) is 39.0 Å². The van der Waals surface area contributed by atoms with E-state index in [0.29, 0.717) is 101 Å². The Kier molecular flexibility index (Phi) is 22.4. The van der Waals surface area contributed by atoms with Gasteiger partial charge in [-0.1, -0.05) is 86.6 Å². The van der Waals surface area contributed by atoms with Gasteiger partial charge < -0.3 is 90.3 Å². The number of aromatic nitrogens is 12. The average Bonchev–Trinajstić information content (AvgIpc) is 1.59. The Labute approximate surface area is 736 Å². The summed E-state index contributed by atoms with van der Waals surface area (Å²) in [4.78, 5) is 88.1. The van der Waals surface area contributed by atoms with Gasteiger partial charge in [-0.05, 0) is 217 Å². The maximum Gasteiger partial charge on any atom is 0.352 e. The van der Waals surface area contributed by atoms with Crippen molar-refractivity contribution >= 4 is 111 Å². The predicted octanol–water partition coefficient (Wildman–Crippen LogP) is 26.0. The van der Waals surface area contributed by atoms with E-state index in [1.165, 1.54) is 48.5 Å². The van der Waals surface area contributed by atoms with E-state index >= 15 is 0 Å². The first-order valence-electron chi connectivity index (χ1n) is 42.5. The first-order chi connectivity index (χ1) is 61.8. The summed E-state index contributed by atoms with van der Waals surface area (Å²) in [6.07, 6.45) is 7.85. The van der Waals surface area contributed by atoms with Crippen LogP contribution in [0.5, 0.6) is 11.5 Å². The molecule has 26 heteroatoms. The van der Waals surface area contributed by atoms with Gasteiger partial charge in [0.1, 0.15) is 57.5 Å². The molecule has 20 rings (SSSR count). The first kappa shape index (κ1) is 85.6. The van der Waals surface area contributed by atoms with Crippen molar-refractivity contribution < 1.29 is 61.5 Å². The van der Waals surface area contributed by atoms with Gasteiger partial charge in [0, 0.05) is 191 Å². The van der Waals surface area contributed by atoms with Gasteiger partial charge in [0.05, 0.1) is 37.0 Å². The standard InChI is InChI=1S/C27H26FN3O3.C26H24FN3O3.C25H23FN4O.C25H22FN3O2/c1-5-15-10-18-19(11-16(34-4)12-22(18)30-15)24-23(13(2)3)25(31-26(24)27(32)33)20-8-14(28)9-21-17(20)6-7-29-21;1-12(2)22-23(18-10-15(33-4)11-21-17(18)7-13(3)29-21)25(26(31)32)30-24(22)19-8-14(27)9-20-16(19)5-6-28-20;1-12(2)21-22(16-5-4-6-19-17(16)9-13(3)29-19)24(25(27)31)30-23(21)18-10-14(26)11-20-15(18)7-8-28-20;1-12(2)21-22(16-5-4-6-19-17(16)9-13(3)28-19)24(25(30)31)29-23(21)18-10-14(26)11-20-15(18)7-8-27-20/h6-13,29-31H,5H2,1-4H3,(H,32,33);5-12,28-30H,1-4H3,(H,31,32);4-12,28-30H,1-3H3,(H2,27,31);4-12,27-29H,1-3H3,(H,30,31). The SMILES string of the molecule is CCc1cc2c(-c3c(C(=O)O)[nH]c(-c4cc(F)cc5[nH]ccc45)c3C(C)C)cc(OC)cc2[nH]1.COc1cc(-c2c(C(=O)O)[nH]c(-c3cc(F)cc4[nH]ccc34)c2C(C)C)c2cc(C)[nH]c2c1.Cc1cc2c(-c3c(C(=O)O)[nH]c(-c4cc(F)cc5[nH]ccc45)c3C(C)C)cccc2[nH]1.Cc1cc2c(-c3c(C(N)=O)[nH]c(-c4cc(F)cc5[nH]ccc45)c3C(C)C)cccc2[nH]1. The molecule has 1 amide bonds. The first-order valence-corrected chi connectivity index (χ1v) is 42.5. The number of rotatable bonds is 19. The van der Waals surface area contributed by atoms with Crippen molar-refractivity contribution in [1.29, 1.82) is 0 Å². The second-order valence-corrected chi connectivity index (χ2v) is 33.9. The number of carboxylic acid groups (broad SMARTS) is 3. The summed E-state index contributed by atoms with van der Waals surface area (Å²) in [5.74, 6) is -4.05. The van der Waals surface area contributed by atoms with Crippen LogP contribution >= 0.6 is 0 Å². The number of ether oxygens (including phenoxy) is 2. The molecule has 12 aromatic heterocycles. The molecule has 0 saturated carbocycles. The van der Waals surface area contributed by atoms with Crippen LogP contribution in [-0.4, -0.2) is 113 Å². The summed E-state index contributed by atoms with van der Waals surface area (Å²) in [5.41, 5.74) is 31.2. The van der Waals surface area contributed by atoms with Crippen molar-refractivity contribution in [2.75, 3.05) is 14.2 Å². The summed E-state index contributed by atoms with van der Waals surface area (Å²) in [6.45, 7) is 24.2. The average molecular weight is 1730 g/mol. The van der Waals surface area contributed by atoms with Crippen LogP contribution in [-0.2, 0) is 6.42 Å². The van der Waals surface area contributed by atoms with Crippen LogP contribution in [0.3, 0.4) is 0 Å². The molecule has 0 aliphatic rings. The lowest BCUT2D eigenvalue weighted by Crippen LogP contribution is -2.13. The lowest BCUT2D eigenvalue weighted by molar-refractivity contribution is 0.0681. The number of carbonyl (C=O) groups is 4. The zero-order valence-corrected chi connectivity index (χ0v) is 73.2. The minimum absolute atomic E-state index is 0.00176. The van der Waals surface area contributed by atoms with Gasteiger partial charge in [-0.15, -0.1) is 0 Å². The Morgan fingerprint density at radius 2 is 0.612 bits per heavy atom. The maximum atomic E-state index is 14.6. The minimum Gasteiger partial charge on any atom is -0.497 e. The topological polar surface area (TPSA) is 363 Å². The zero-order chi connectivity index (χ0) is 91.3. The summed E-state index contributed by atoms with van der Waals surface area (Å²) >= 11 is 0. The van der Waals surface area contributed by atoms with Crippen molar-refractivity contribution in [3.05, 3.63) is 274 Å². The number of halogens is 4. The number of hydrogen-bond donors (Lipinski definition) is 16. The maximum absolute atomic E-state index is 14.6. The highest BCUT2D eigenvalue weighted by molar-refractivity contribution is 6.13. The highest BCUT2D eigenvalue weighted by atomic mass is 19.1. The molecule has 12 heterocycles. The molecule has 20 aromatic rings. The Balaban J connectivity index is 0.000000121. The van der Waals surface area contributed by atoms with Crippen LogP contribution in [0.2, 0.25) is 0 Å². The molecule has 0 aliphatic heterocycles. The molecule has 0 unspecified atom stereocenters. The molecule has 129 heavy (non-hydrogen) atoms.